The van der Waals surface area contributed by atoms with Crippen LogP contribution in [0.3, 0.4) is 0 Å². The first-order chi connectivity index (χ1) is 15.3. The second-order valence-electron chi connectivity index (χ2n) is 8.24. The number of thiazole rings is 1. The van der Waals surface area contributed by atoms with Crippen LogP contribution in [0.1, 0.15) is 50.5 Å². The molecule has 1 aliphatic carbocycles. The Morgan fingerprint density at radius 2 is 1.65 bits per heavy atom. The van der Waals surface area contributed by atoms with Crippen molar-refractivity contribution >= 4 is 44.5 Å². The Labute approximate surface area is 186 Å². The van der Waals surface area contributed by atoms with Crippen LogP contribution in [0.15, 0.2) is 64.7 Å². The monoisotopic (exact) mass is 430 g/mol. The number of fused-ring (bicyclic) bond motifs is 1. The predicted octanol–water partition coefficient (Wildman–Crippen LogP) is 5.85. The van der Waals surface area contributed by atoms with E-state index < -0.39 is 5.92 Å². The van der Waals surface area contributed by atoms with E-state index in [2.05, 4.69) is 4.98 Å². The molecule has 3 aromatic rings. The number of hydrogen-bond acceptors (Lipinski definition) is 5. The second-order valence-corrected chi connectivity index (χ2v) is 9.25. The summed E-state index contributed by atoms with van der Waals surface area (Å²) in [5, 5.41) is 6.83. The third kappa shape index (κ3) is 4.30. The number of carbonyl (C=O) groups is 1. The van der Waals surface area contributed by atoms with Crippen molar-refractivity contribution in [1.29, 1.82) is 0 Å². The van der Waals surface area contributed by atoms with Gasteiger partial charge in [-0.15, -0.1) is 0 Å². The molecule has 0 bridgehead atoms. The smallest absolute Gasteiger partial charge is 0.264 e. The molecule has 1 unspecified atom stereocenters. The molecule has 5 nitrogen and oxygen atoms in total. The molecule has 1 fully saturated rings. The fourth-order valence-corrected chi connectivity index (χ4v) is 5.25. The quantitative estimate of drug-likeness (QED) is 0.488. The summed E-state index contributed by atoms with van der Waals surface area (Å²) in [6, 6.07) is 18.2. The van der Waals surface area contributed by atoms with E-state index in [1.54, 1.807) is 0 Å². The Balaban J connectivity index is 1.46. The van der Waals surface area contributed by atoms with Gasteiger partial charge in [0.1, 0.15) is 5.92 Å². The van der Waals surface area contributed by atoms with Gasteiger partial charge in [0.05, 0.1) is 15.9 Å². The van der Waals surface area contributed by atoms with E-state index in [-0.39, 0.29) is 5.91 Å². The lowest BCUT2D eigenvalue weighted by Crippen LogP contribution is -2.29. The molecule has 1 aliphatic heterocycles. The summed E-state index contributed by atoms with van der Waals surface area (Å²) in [5.41, 5.74) is 2.59. The fourth-order valence-electron chi connectivity index (χ4n) is 4.33. The molecule has 0 saturated heterocycles. The van der Waals surface area contributed by atoms with Crippen LogP contribution in [0, 0.1) is 5.92 Å². The molecule has 1 amide bonds. The molecule has 1 aromatic heterocycles. The molecular formula is C25H26N4OS. The van der Waals surface area contributed by atoms with Gasteiger partial charge in [0, 0.05) is 12.3 Å². The minimum absolute atomic E-state index is 0.0764. The maximum Gasteiger partial charge on any atom is 0.264 e. The molecule has 0 spiro atoms. The van der Waals surface area contributed by atoms with Gasteiger partial charge in [-0.1, -0.05) is 85.9 Å². The van der Waals surface area contributed by atoms with Crippen LogP contribution in [-0.2, 0) is 4.79 Å². The molecule has 2 heterocycles. The van der Waals surface area contributed by atoms with Gasteiger partial charge < -0.3 is 0 Å². The normalized spacial score (nSPS) is 20.9. The van der Waals surface area contributed by atoms with Crippen molar-refractivity contribution in [3.63, 3.8) is 0 Å². The van der Waals surface area contributed by atoms with E-state index in [9.17, 15) is 4.79 Å². The summed E-state index contributed by atoms with van der Waals surface area (Å²) in [7, 11) is 0. The van der Waals surface area contributed by atoms with Crippen LogP contribution < -0.4 is 5.01 Å². The van der Waals surface area contributed by atoms with E-state index in [1.165, 1.54) is 48.4 Å². The maximum absolute atomic E-state index is 13.4. The molecule has 0 radical (unpaired) electrons. The Kier molecular flexibility index (Phi) is 5.89. The third-order valence-electron chi connectivity index (χ3n) is 6.03. The molecule has 5 rings (SSSR count). The van der Waals surface area contributed by atoms with Crippen molar-refractivity contribution in [2.45, 2.75) is 51.0 Å². The number of hydrogen-bond donors (Lipinski definition) is 0. The summed E-state index contributed by atoms with van der Waals surface area (Å²) in [5.74, 6) is -0.549. The van der Waals surface area contributed by atoms with Crippen LogP contribution in [0.5, 0.6) is 0 Å². The average molecular weight is 431 g/mol. The molecule has 6 heteroatoms. The van der Waals surface area contributed by atoms with Crippen molar-refractivity contribution in [3.05, 3.63) is 60.2 Å². The number of carbonyl (C=O) groups excluding carboxylic acids is 1. The maximum atomic E-state index is 13.4. The Morgan fingerprint density at radius 3 is 2.42 bits per heavy atom. The average Bonchev–Trinajstić information content (AvgIpc) is 3.34. The molecule has 2 aliphatic rings. The lowest BCUT2D eigenvalue weighted by atomic mass is 9.96. The Bertz CT molecular complexity index is 1080. The highest BCUT2D eigenvalue weighted by Gasteiger charge is 2.38. The van der Waals surface area contributed by atoms with Gasteiger partial charge in [0.25, 0.3) is 5.91 Å². The molecule has 31 heavy (non-hydrogen) atoms. The highest BCUT2D eigenvalue weighted by Crippen LogP contribution is 2.33. The highest BCUT2D eigenvalue weighted by atomic mass is 32.1. The number of benzene rings is 2. The number of hydrazone groups is 1. The molecule has 2 aromatic carbocycles. The van der Waals surface area contributed by atoms with E-state index in [0.29, 0.717) is 11.2 Å². The van der Waals surface area contributed by atoms with Crippen molar-refractivity contribution in [3.8, 4) is 0 Å². The van der Waals surface area contributed by atoms with Crippen LogP contribution in [0.4, 0.5) is 5.13 Å². The van der Waals surface area contributed by atoms with Crippen LogP contribution in [0.25, 0.3) is 10.2 Å². The van der Waals surface area contributed by atoms with E-state index in [0.717, 1.165) is 34.3 Å². The minimum atomic E-state index is -0.472. The number of nitrogens with zero attached hydrogens (tertiary/aromatic N) is 4. The zero-order valence-corrected chi connectivity index (χ0v) is 18.3. The van der Waals surface area contributed by atoms with Gasteiger partial charge >= 0.3 is 0 Å². The fraction of sp³-hybridized carbons (Fsp3) is 0.360. The zero-order chi connectivity index (χ0) is 21.0. The molecule has 0 N–H and O–H groups in total. The van der Waals surface area contributed by atoms with Crippen LogP contribution in [0.2, 0.25) is 0 Å². The molecule has 1 atom stereocenters. The first-order valence-electron chi connectivity index (χ1n) is 11.2. The second kappa shape index (κ2) is 9.10. The largest absolute Gasteiger partial charge is 0.293 e. The van der Waals surface area contributed by atoms with Gasteiger partial charge in [-0.05, 0) is 30.5 Å². The van der Waals surface area contributed by atoms with Gasteiger partial charge in [-0.2, -0.15) is 10.1 Å². The number of para-hydroxylation sites is 1. The minimum Gasteiger partial charge on any atom is -0.293 e. The van der Waals surface area contributed by atoms with Crippen molar-refractivity contribution < 1.29 is 4.79 Å². The van der Waals surface area contributed by atoms with Crippen LogP contribution in [-0.4, -0.2) is 28.9 Å². The summed E-state index contributed by atoms with van der Waals surface area (Å²) >= 11 is 1.49. The van der Waals surface area contributed by atoms with Crippen molar-refractivity contribution in [2.75, 3.05) is 5.01 Å². The van der Waals surface area contributed by atoms with Gasteiger partial charge in [0.15, 0.2) is 0 Å². The molecule has 1 saturated carbocycles. The number of aliphatic imine (C=N–C) groups is 1. The van der Waals surface area contributed by atoms with Gasteiger partial charge in [-0.25, -0.2) is 4.98 Å². The van der Waals surface area contributed by atoms with E-state index in [4.69, 9.17) is 10.1 Å². The number of amides is 1. The Morgan fingerprint density at radius 1 is 0.935 bits per heavy atom. The summed E-state index contributed by atoms with van der Waals surface area (Å²) < 4.78 is 1.05. The van der Waals surface area contributed by atoms with Gasteiger partial charge in [0.2, 0.25) is 5.13 Å². The predicted molar refractivity (Wildman–Crippen MR) is 128 cm³/mol. The lowest BCUT2D eigenvalue weighted by Gasteiger charge is -2.16. The summed E-state index contributed by atoms with van der Waals surface area (Å²) in [6.45, 7) is 0. The summed E-state index contributed by atoms with van der Waals surface area (Å²) in [6.07, 6.45) is 10.4. The topological polar surface area (TPSA) is 57.9 Å². The SMILES string of the molecule is O=C1C(C=NC2CCCCCCC2)C(c2ccccc2)=NN1c1nc2ccccc2s1. The summed E-state index contributed by atoms with van der Waals surface area (Å²) in [4.78, 5) is 23.0. The molecular weight excluding hydrogens is 404 g/mol. The van der Waals surface area contributed by atoms with Gasteiger partial charge in [-0.3, -0.25) is 9.79 Å². The standard InChI is InChI=1S/C25H26N4OS/c30-24-20(17-26-19-13-7-2-1-3-8-14-19)23(18-11-5-4-6-12-18)28-29(24)25-27-21-15-9-10-16-22(21)31-25/h4-6,9-12,15-17,19-20H,1-3,7-8,13-14H2. The number of aromatic nitrogens is 1. The first-order valence-corrected chi connectivity index (χ1v) is 12.0. The highest BCUT2D eigenvalue weighted by molar-refractivity contribution is 7.22. The van der Waals surface area contributed by atoms with E-state index >= 15 is 0 Å². The first kappa shape index (κ1) is 20.1. The lowest BCUT2D eigenvalue weighted by molar-refractivity contribution is -0.118. The number of rotatable bonds is 4. The Hall–Kier alpha value is -2.86. The zero-order valence-electron chi connectivity index (χ0n) is 17.5. The van der Waals surface area contributed by atoms with Crippen molar-refractivity contribution in [2.24, 2.45) is 16.0 Å². The van der Waals surface area contributed by atoms with Crippen molar-refractivity contribution in [1.82, 2.24) is 4.98 Å². The van der Waals surface area contributed by atoms with E-state index in [1.807, 2.05) is 60.8 Å². The van der Waals surface area contributed by atoms with Crippen LogP contribution >= 0.6 is 11.3 Å². The third-order valence-corrected chi connectivity index (χ3v) is 7.04. The number of anilines is 1. The molecule has 158 valence electrons.